The van der Waals surface area contributed by atoms with Crippen molar-refractivity contribution in [2.24, 2.45) is 5.73 Å². The lowest BCUT2D eigenvalue weighted by molar-refractivity contribution is 0.454. The zero-order valence-electron chi connectivity index (χ0n) is 8.96. The average molecular weight is 235 g/mol. The van der Waals surface area contributed by atoms with Gasteiger partial charge in [-0.25, -0.2) is 4.98 Å². The number of hydrogen-bond acceptors (Lipinski definition) is 5. The predicted octanol–water partition coefficient (Wildman–Crippen LogP) is 2.63. The molecular formula is C11H13N3OS. The molecule has 5 heteroatoms. The van der Waals surface area contributed by atoms with Gasteiger partial charge in [0, 0.05) is 17.1 Å². The number of rotatable bonds is 4. The van der Waals surface area contributed by atoms with E-state index in [4.69, 9.17) is 10.2 Å². The Kier molecular flexibility index (Phi) is 3.58. The molecule has 2 rings (SSSR count). The van der Waals surface area contributed by atoms with E-state index in [9.17, 15) is 0 Å². The van der Waals surface area contributed by atoms with E-state index in [0.717, 1.165) is 17.0 Å². The maximum absolute atomic E-state index is 5.88. The second-order valence-electron chi connectivity index (χ2n) is 3.33. The zero-order chi connectivity index (χ0) is 11.4. The molecule has 0 aliphatic carbocycles. The molecule has 0 radical (unpaired) electrons. The molecule has 4 nitrogen and oxygen atoms in total. The van der Waals surface area contributed by atoms with Crippen LogP contribution in [0.15, 0.2) is 45.3 Å². The van der Waals surface area contributed by atoms with Crippen LogP contribution in [0.25, 0.3) is 0 Å². The first-order chi connectivity index (χ1) is 7.79. The molecular weight excluding hydrogens is 222 g/mol. The van der Waals surface area contributed by atoms with Crippen molar-refractivity contribution in [3.63, 3.8) is 0 Å². The van der Waals surface area contributed by atoms with E-state index in [0.29, 0.717) is 5.22 Å². The second-order valence-corrected chi connectivity index (χ2v) is 4.36. The molecule has 0 aliphatic rings. The number of aromatic nitrogens is 2. The standard InChI is InChI=1S/C11H13N3OS/c1-2-9(12)10-4-3-8(7-14-10)16-11-13-5-6-15-11/h3-7,9H,2,12H2,1H3/t9-/m1/s1. The molecule has 0 aromatic carbocycles. The number of nitrogens with two attached hydrogens (primary N) is 1. The van der Waals surface area contributed by atoms with Gasteiger partial charge in [0.05, 0.1) is 11.9 Å². The SMILES string of the molecule is CC[C@@H](N)c1ccc(Sc2ncco2)cn1. The lowest BCUT2D eigenvalue weighted by atomic mass is 10.1. The molecule has 0 fully saturated rings. The van der Waals surface area contributed by atoms with Gasteiger partial charge >= 0.3 is 0 Å². The topological polar surface area (TPSA) is 64.9 Å². The Hall–Kier alpha value is -1.33. The van der Waals surface area contributed by atoms with E-state index in [1.807, 2.05) is 19.1 Å². The fourth-order valence-electron chi connectivity index (χ4n) is 1.24. The normalized spacial score (nSPS) is 12.6. The van der Waals surface area contributed by atoms with E-state index in [2.05, 4.69) is 9.97 Å². The molecule has 0 unspecified atom stereocenters. The fraction of sp³-hybridized carbons (Fsp3) is 0.273. The average Bonchev–Trinajstić information content (AvgIpc) is 2.82. The van der Waals surface area contributed by atoms with Crippen LogP contribution in [0.4, 0.5) is 0 Å². The molecule has 84 valence electrons. The van der Waals surface area contributed by atoms with Crippen LogP contribution in [0.2, 0.25) is 0 Å². The van der Waals surface area contributed by atoms with Crippen LogP contribution >= 0.6 is 11.8 Å². The van der Waals surface area contributed by atoms with Crippen molar-refractivity contribution < 1.29 is 4.42 Å². The minimum absolute atomic E-state index is 0.0146. The van der Waals surface area contributed by atoms with E-state index in [1.165, 1.54) is 11.8 Å². The van der Waals surface area contributed by atoms with E-state index in [1.54, 1.807) is 18.7 Å². The van der Waals surface area contributed by atoms with Crippen LogP contribution in [-0.4, -0.2) is 9.97 Å². The van der Waals surface area contributed by atoms with Crippen LogP contribution in [0.1, 0.15) is 25.1 Å². The Morgan fingerprint density at radius 2 is 2.31 bits per heavy atom. The van der Waals surface area contributed by atoms with Crippen molar-refractivity contribution >= 4 is 11.8 Å². The largest absolute Gasteiger partial charge is 0.440 e. The molecule has 16 heavy (non-hydrogen) atoms. The quantitative estimate of drug-likeness (QED) is 0.882. The Morgan fingerprint density at radius 1 is 1.44 bits per heavy atom. The van der Waals surface area contributed by atoms with Gasteiger partial charge in [-0.1, -0.05) is 6.92 Å². The molecule has 0 spiro atoms. The van der Waals surface area contributed by atoms with Gasteiger partial charge in [0.2, 0.25) is 0 Å². The number of nitrogens with zero attached hydrogens (tertiary/aromatic N) is 2. The summed E-state index contributed by atoms with van der Waals surface area (Å²) in [6, 6.07) is 3.94. The summed E-state index contributed by atoms with van der Waals surface area (Å²) in [5.41, 5.74) is 6.80. The van der Waals surface area contributed by atoms with Gasteiger partial charge in [-0.15, -0.1) is 0 Å². The minimum atomic E-state index is 0.0146. The Labute approximate surface area is 98.3 Å². The first-order valence-electron chi connectivity index (χ1n) is 5.08. The van der Waals surface area contributed by atoms with Gasteiger partial charge < -0.3 is 10.2 Å². The third-order valence-corrected chi connectivity index (χ3v) is 3.05. The lowest BCUT2D eigenvalue weighted by Gasteiger charge is -2.07. The molecule has 2 N–H and O–H groups in total. The number of oxazole rings is 1. The lowest BCUT2D eigenvalue weighted by Crippen LogP contribution is -2.10. The summed E-state index contributed by atoms with van der Waals surface area (Å²) in [5.74, 6) is 0. The van der Waals surface area contributed by atoms with Crippen molar-refractivity contribution in [1.29, 1.82) is 0 Å². The fourth-order valence-corrected chi connectivity index (χ4v) is 1.90. The smallest absolute Gasteiger partial charge is 0.260 e. The van der Waals surface area contributed by atoms with E-state index in [-0.39, 0.29) is 6.04 Å². The molecule has 2 heterocycles. The molecule has 0 saturated carbocycles. The summed E-state index contributed by atoms with van der Waals surface area (Å²) in [7, 11) is 0. The first-order valence-corrected chi connectivity index (χ1v) is 5.90. The molecule has 0 amide bonds. The highest BCUT2D eigenvalue weighted by atomic mass is 32.2. The summed E-state index contributed by atoms with van der Waals surface area (Å²) in [4.78, 5) is 9.34. The van der Waals surface area contributed by atoms with Crippen LogP contribution < -0.4 is 5.73 Å². The summed E-state index contributed by atoms with van der Waals surface area (Å²) in [6.45, 7) is 2.04. The third-order valence-electron chi connectivity index (χ3n) is 2.19. The van der Waals surface area contributed by atoms with Gasteiger partial charge in [0.15, 0.2) is 0 Å². The molecule has 0 aliphatic heterocycles. The molecule has 0 saturated heterocycles. The van der Waals surface area contributed by atoms with Gasteiger partial charge in [-0.2, -0.15) is 0 Å². The van der Waals surface area contributed by atoms with Crippen molar-refractivity contribution in [1.82, 2.24) is 9.97 Å². The van der Waals surface area contributed by atoms with Crippen LogP contribution in [0, 0.1) is 0 Å². The summed E-state index contributed by atoms with van der Waals surface area (Å²) in [5, 5.41) is 0.620. The maximum Gasteiger partial charge on any atom is 0.260 e. The van der Waals surface area contributed by atoms with Crippen LogP contribution in [0.5, 0.6) is 0 Å². The van der Waals surface area contributed by atoms with Crippen LogP contribution in [-0.2, 0) is 0 Å². The molecule has 1 atom stereocenters. The second kappa shape index (κ2) is 5.14. The minimum Gasteiger partial charge on any atom is -0.440 e. The van der Waals surface area contributed by atoms with Gasteiger partial charge in [0.25, 0.3) is 5.22 Å². The van der Waals surface area contributed by atoms with Gasteiger partial charge in [-0.05, 0) is 30.3 Å². The monoisotopic (exact) mass is 235 g/mol. The highest BCUT2D eigenvalue weighted by Crippen LogP contribution is 2.25. The molecule has 2 aromatic heterocycles. The van der Waals surface area contributed by atoms with Gasteiger partial charge in [0.1, 0.15) is 6.26 Å². The Balaban J connectivity index is 2.07. The zero-order valence-corrected chi connectivity index (χ0v) is 9.78. The molecule has 0 bridgehead atoms. The van der Waals surface area contributed by atoms with E-state index < -0.39 is 0 Å². The summed E-state index contributed by atoms with van der Waals surface area (Å²) >= 11 is 1.44. The van der Waals surface area contributed by atoms with Crippen molar-refractivity contribution in [2.75, 3.05) is 0 Å². The van der Waals surface area contributed by atoms with Crippen molar-refractivity contribution in [2.45, 2.75) is 29.5 Å². The van der Waals surface area contributed by atoms with Gasteiger partial charge in [-0.3, -0.25) is 4.98 Å². The molecule has 2 aromatic rings. The maximum atomic E-state index is 5.88. The third kappa shape index (κ3) is 2.62. The predicted molar refractivity (Wildman–Crippen MR) is 62.1 cm³/mol. The summed E-state index contributed by atoms with van der Waals surface area (Å²) in [6.07, 6.45) is 5.85. The number of hydrogen-bond donors (Lipinski definition) is 1. The van der Waals surface area contributed by atoms with Crippen molar-refractivity contribution in [3.8, 4) is 0 Å². The van der Waals surface area contributed by atoms with Crippen molar-refractivity contribution in [3.05, 3.63) is 36.5 Å². The van der Waals surface area contributed by atoms with E-state index >= 15 is 0 Å². The Morgan fingerprint density at radius 3 is 2.88 bits per heavy atom. The first kappa shape index (κ1) is 11.2. The highest BCUT2D eigenvalue weighted by molar-refractivity contribution is 7.99. The number of pyridine rings is 1. The Bertz CT molecular complexity index is 427. The highest BCUT2D eigenvalue weighted by Gasteiger charge is 2.06. The summed E-state index contributed by atoms with van der Waals surface area (Å²) < 4.78 is 5.14. The van der Waals surface area contributed by atoms with Crippen LogP contribution in [0.3, 0.4) is 0 Å².